The predicted molar refractivity (Wildman–Crippen MR) is 106 cm³/mol. The fraction of sp³-hybridized carbons (Fsp3) is 0.450. The van der Waals surface area contributed by atoms with Crippen molar-refractivity contribution in [2.75, 3.05) is 11.5 Å². The third-order valence-electron chi connectivity index (χ3n) is 5.81. The molecule has 2 saturated heterocycles. The highest BCUT2D eigenvalue weighted by atomic mass is 32.2. The quantitative estimate of drug-likeness (QED) is 0.732. The molecule has 3 aromatic rings. The van der Waals surface area contributed by atoms with E-state index in [1.54, 1.807) is 6.26 Å². The Hall–Kier alpha value is -2.48. The van der Waals surface area contributed by atoms with Crippen LogP contribution in [0.2, 0.25) is 0 Å². The fourth-order valence-electron chi connectivity index (χ4n) is 4.33. The standard InChI is InChI=1S/C20H22N4O3S/c1-12-15(11-27-23-12)13-2-4-18-17(10-13)22-20(16-3-5-19(25)21-16)24(18)14-6-8-28(26)9-7-14/h2,4,10-11,14,16H,3,5-9H2,1H3,(H,21,25)/t14?,16-,28?/m0/s1. The number of benzene rings is 1. The molecule has 8 heteroatoms. The summed E-state index contributed by atoms with van der Waals surface area (Å²) in [6.07, 6.45) is 4.70. The van der Waals surface area contributed by atoms with Crippen LogP contribution in [0, 0.1) is 6.92 Å². The SMILES string of the molecule is Cc1nocc1-c1ccc2c(c1)nc([C@@H]1CCC(=O)N1)n2C1CCS(=O)CC1. The number of nitrogens with zero attached hydrogens (tertiary/aromatic N) is 3. The Morgan fingerprint density at radius 3 is 2.75 bits per heavy atom. The number of hydrogen-bond donors (Lipinski definition) is 1. The Balaban J connectivity index is 1.63. The lowest BCUT2D eigenvalue weighted by atomic mass is 10.1. The minimum absolute atomic E-state index is 0.0619. The molecule has 0 aliphatic carbocycles. The summed E-state index contributed by atoms with van der Waals surface area (Å²) in [4.78, 5) is 16.8. The first-order valence-electron chi connectivity index (χ1n) is 9.68. The molecule has 7 nitrogen and oxygen atoms in total. The van der Waals surface area contributed by atoms with E-state index in [1.165, 1.54) is 0 Å². The molecule has 2 fully saturated rings. The van der Waals surface area contributed by atoms with Crippen LogP contribution in [0.4, 0.5) is 0 Å². The number of aromatic nitrogens is 3. The predicted octanol–water partition coefficient (Wildman–Crippen LogP) is 3.03. The lowest BCUT2D eigenvalue weighted by Crippen LogP contribution is -2.27. The van der Waals surface area contributed by atoms with Gasteiger partial charge in [-0.2, -0.15) is 0 Å². The summed E-state index contributed by atoms with van der Waals surface area (Å²) >= 11 is 0. The molecule has 1 atom stereocenters. The zero-order chi connectivity index (χ0) is 19.3. The lowest BCUT2D eigenvalue weighted by molar-refractivity contribution is -0.119. The summed E-state index contributed by atoms with van der Waals surface area (Å²) < 4.78 is 19.2. The van der Waals surface area contributed by atoms with Crippen molar-refractivity contribution in [2.24, 2.45) is 0 Å². The van der Waals surface area contributed by atoms with E-state index in [0.717, 1.165) is 64.4 Å². The van der Waals surface area contributed by atoms with Crippen LogP contribution >= 0.6 is 0 Å². The monoisotopic (exact) mass is 398 g/mol. The van der Waals surface area contributed by atoms with Crippen molar-refractivity contribution in [1.29, 1.82) is 0 Å². The molecular weight excluding hydrogens is 376 g/mol. The molecule has 2 aliphatic heterocycles. The minimum atomic E-state index is -0.718. The van der Waals surface area contributed by atoms with Crippen molar-refractivity contribution < 1.29 is 13.5 Å². The number of nitrogens with one attached hydrogen (secondary N) is 1. The van der Waals surface area contributed by atoms with Gasteiger partial charge in [-0.3, -0.25) is 9.00 Å². The average Bonchev–Trinajstić information content (AvgIpc) is 3.40. The number of carbonyl (C=O) groups excluding carboxylic acids is 1. The van der Waals surface area contributed by atoms with Crippen LogP contribution in [0.15, 0.2) is 29.0 Å². The van der Waals surface area contributed by atoms with Gasteiger partial charge in [0.15, 0.2) is 0 Å². The molecule has 28 heavy (non-hydrogen) atoms. The molecule has 0 spiro atoms. The second kappa shape index (κ2) is 6.84. The number of hydrogen-bond acceptors (Lipinski definition) is 5. The van der Waals surface area contributed by atoms with Gasteiger partial charge in [-0.25, -0.2) is 4.98 Å². The molecule has 146 valence electrons. The summed E-state index contributed by atoms with van der Waals surface area (Å²) in [6.45, 7) is 1.92. The van der Waals surface area contributed by atoms with Gasteiger partial charge < -0.3 is 14.4 Å². The van der Waals surface area contributed by atoms with Crippen molar-refractivity contribution in [3.63, 3.8) is 0 Å². The lowest BCUT2D eigenvalue weighted by Gasteiger charge is -2.26. The van der Waals surface area contributed by atoms with E-state index in [0.29, 0.717) is 6.42 Å². The highest BCUT2D eigenvalue weighted by Crippen LogP contribution is 2.35. The van der Waals surface area contributed by atoms with E-state index in [9.17, 15) is 9.00 Å². The number of imidazole rings is 1. The van der Waals surface area contributed by atoms with Gasteiger partial charge >= 0.3 is 0 Å². The van der Waals surface area contributed by atoms with E-state index >= 15 is 0 Å². The molecule has 1 N–H and O–H groups in total. The van der Waals surface area contributed by atoms with E-state index in [1.807, 2.05) is 6.92 Å². The van der Waals surface area contributed by atoms with Gasteiger partial charge in [0.1, 0.15) is 12.1 Å². The molecule has 1 amide bonds. The Morgan fingerprint density at radius 1 is 1.25 bits per heavy atom. The molecule has 1 aromatic carbocycles. The molecule has 5 rings (SSSR count). The average molecular weight is 398 g/mol. The maximum Gasteiger partial charge on any atom is 0.220 e. The molecule has 0 saturated carbocycles. The number of aryl methyl sites for hydroxylation is 1. The largest absolute Gasteiger partial charge is 0.364 e. The maximum atomic E-state index is 11.8. The van der Waals surface area contributed by atoms with Crippen molar-refractivity contribution in [3.05, 3.63) is 36.0 Å². The third kappa shape index (κ3) is 2.96. The Morgan fingerprint density at radius 2 is 2.07 bits per heavy atom. The maximum absolute atomic E-state index is 11.8. The van der Waals surface area contributed by atoms with Crippen molar-refractivity contribution in [3.8, 4) is 11.1 Å². The van der Waals surface area contributed by atoms with Crippen molar-refractivity contribution >= 4 is 27.7 Å². The number of carbonyl (C=O) groups is 1. The summed E-state index contributed by atoms with van der Waals surface area (Å²) in [6, 6.07) is 6.42. The molecular formula is C20H22N4O3S. The number of rotatable bonds is 3. The molecule has 0 radical (unpaired) electrons. The first kappa shape index (κ1) is 17.6. The first-order valence-corrected chi connectivity index (χ1v) is 11.2. The number of fused-ring (bicyclic) bond motifs is 1. The second-order valence-electron chi connectivity index (χ2n) is 7.60. The fourth-order valence-corrected chi connectivity index (χ4v) is 5.61. The van der Waals surface area contributed by atoms with Crippen molar-refractivity contribution in [2.45, 2.75) is 44.7 Å². The van der Waals surface area contributed by atoms with E-state index < -0.39 is 10.8 Å². The highest BCUT2D eigenvalue weighted by Gasteiger charge is 2.31. The van der Waals surface area contributed by atoms with Gasteiger partial charge in [0.25, 0.3) is 0 Å². The van der Waals surface area contributed by atoms with Gasteiger partial charge in [0, 0.05) is 40.3 Å². The second-order valence-corrected chi connectivity index (χ2v) is 9.29. The summed E-state index contributed by atoms with van der Waals surface area (Å²) in [5.74, 6) is 2.43. The van der Waals surface area contributed by atoms with Crippen LogP contribution in [0.1, 0.15) is 49.3 Å². The first-order chi connectivity index (χ1) is 13.6. The van der Waals surface area contributed by atoms with Gasteiger partial charge in [-0.1, -0.05) is 11.2 Å². The smallest absolute Gasteiger partial charge is 0.220 e. The van der Waals surface area contributed by atoms with E-state index in [-0.39, 0.29) is 18.0 Å². The van der Waals surface area contributed by atoms with Crippen LogP contribution in [0.5, 0.6) is 0 Å². The van der Waals surface area contributed by atoms with Crippen LogP contribution in [0.3, 0.4) is 0 Å². The van der Waals surface area contributed by atoms with Gasteiger partial charge in [-0.05, 0) is 43.9 Å². The van der Waals surface area contributed by atoms with Crippen LogP contribution in [0.25, 0.3) is 22.2 Å². The van der Waals surface area contributed by atoms with Gasteiger partial charge in [-0.15, -0.1) is 0 Å². The Labute approximate surface area is 164 Å². The molecule has 0 bridgehead atoms. The summed E-state index contributed by atoms with van der Waals surface area (Å²) in [5.41, 5.74) is 4.78. The molecule has 2 aromatic heterocycles. The normalized spacial score (nSPS) is 25.3. The van der Waals surface area contributed by atoms with E-state index in [4.69, 9.17) is 9.51 Å². The third-order valence-corrected chi connectivity index (χ3v) is 7.19. The van der Waals surface area contributed by atoms with Gasteiger partial charge in [0.05, 0.1) is 22.8 Å². The summed E-state index contributed by atoms with van der Waals surface area (Å²) in [5, 5.41) is 7.03. The van der Waals surface area contributed by atoms with Crippen molar-refractivity contribution in [1.82, 2.24) is 20.0 Å². The van der Waals surface area contributed by atoms with Crippen LogP contribution in [-0.2, 0) is 15.6 Å². The topological polar surface area (TPSA) is 90.0 Å². The Bertz CT molecular complexity index is 1080. The number of amides is 1. The molecule has 0 unspecified atom stereocenters. The zero-order valence-corrected chi connectivity index (χ0v) is 16.5. The van der Waals surface area contributed by atoms with Crippen LogP contribution < -0.4 is 5.32 Å². The van der Waals surface area contributed by atoms with E-state index in [2.05, 4.69) is 33.2 Å². The molecule has 2 aliphatic rings. The highest BCUT2D eigenvalue weighted by molar-refractivity contribution is 7.85. The van der Waals surface area contributed by atoms with Crippen LogP contribution in [-0.4, -0.2) is 36.3 Å². The zero-order valence-electron chi connectivity index (χ0n) is 15.7. The minimum Gasteiger partial charge on any atom is -0.364 e. The summed E-state index contributed by atoms with van der Waals surface area (Å²) in [7, 11) is -0.718. The van der Waals surface area contributed by atoms with Gasteiger partial charge in [0.2, 0.25) is 5.91 Å². The Kier molecular flexibility index (Phi) is 4.30. The molecule has 4 heterocycles.